The van der Waals surface area contributed by atoms with Crippen molar-refractivity contribution in [3.8, 4) is 5.69 Å². The highest BCUT2D eigenvalue weighted by Gasteiger charge is 2.33. The van der Waals surface area contributed by atoms with Crippen LogP contribution in [0.15, 0.2) is 41.2 Å². The van der Waals surface area contributed by atoms with Gasteiger partial charge in [-0.25, -0.2) is 14.3 Å². The Kier molecular flexibility index (Phi) is 3.92. The first kappa shape index (κ1) is 16.3. The first-order chi connectivity index (χ1) is 11.3. The van der Waals surface area contributed by atoms with E-state index in [0.29, 0.717) is 0 Å². The van der Waals surface area contributed by atoms with Gasteiger partial charge in [-0.2, -0.15) is 18.2 Å². The third kappa shape index (κ3) is 2.69. The summed E-state index contributed by atoms with van der Waals surface area (Å²) in [6.45, 7) is 0. The van der Waals surface area contributed by atoms with Crippen LogP contribution >= 0.6 is 11.6 Å². The largest absolute Gasteiger partial charge is 0.433 e. The van der Waals surface area contributed by atoms with Crippen molar-refractivity contribution in [2.24, 2.45) is 0 Å². The van der Waals surface area contributed by atoms with Crippen molar-refractivity contribution in [3.63, 3.8) is 0 Å². The molecule has 0 aliphatic heterocycles. The van der Waals surface area contributed by atoms with E-state index in [0.717, 1.165) is 10.6 Å². The van der Waals surface area contributed by atoms with E-state index in [-0.39, 0.29) is 27.6 Å². The van der Waals surface area contributed by atoms with E-state index in [1.165, 1.54) is 25.2 Å². The Balaban J connectivity index is 2.46. The van der Waals surface area contributed by atoms with Gasteiger partial charge in [0.05, 0.1) is 16.1 Å². The highest BCUT2D eigenvalue weighted by Crippen LogP contribution is 2.31. The average molecular weight is 355 g/mol. The van der Waals surface area contributed by atoms with Gasteiger partial charge >= 0.3 is 11.9 Å². The minimum Gasteiger partial charge on any atom is -0.372 e. The van der Waals surface area contributed by atoms with Gasteiger partial charge in [0.1, 0.15) is 11.5 Å². The lowest BCUT2D eigenvalue weighted by Gasteiger charge is -2.14. The summed E-state index contributed by atoms with van der Waals surface area (Å²) in [4.78, 5) is 19.8. The number of fused-ring (bicyclic) bond motifs is 1. The summed E-state index contributed by atoms with van der Waals surface area (Å²) in [5.74, 6) is 0.138. The zero-order valence-corrected chi connectivity index (χ0v) is 13.0. The molecule has 0 unspecified atom stereocenters. The van der Waals surface area contributed by atoms with Gasteiger partial charge in [-0.1, -0.05) is 23.7 Å². The fraction of sp³-hybridized carbons (Fsp3) is 0.133. The summed E-state index contributed by atoms with van der Waals surface area (Å²) >= 11 is 6.08. The van der Waals surface area contributed by atoms with Crippen molar-refractivity contribution in [2.75, 3.05) is 12.4 Å². The second-order valence-corrected chi connectivity index (χ2v) is 5.25. The summed E-state index contributed by atoms with van der Waals surface area (Å²) in [6, 6.07) is 8.34. The molecule has 3 rings (SSSR count). The second kappa shape index (κ2) is 5.79. The smallest absolute Gasteiger partial charge is 0.372 e. The van der Waals surface area contributed by atoms with Gasteiger partial charge in [0.15, 0.2) is 5.65 Å². The lowest BCUT2D eigenvalue weighted by molar-refractivity contribution is -0.141. The summed E-state index contributed by atoms with van der Waals surface area (Å²) < 4.78 is 40.0. The van der Waals surface area contributed by atoms with Crippen LogP contribution in [0.1, 0.15) is 5.69 Å². The van der Waals surface area contributed by atoms with Crippen LogP contribution in [0.4, 0.5) is 19.0 Å². The van der Waals surface area contributed by atoms with Crippen LogP contribution in [-0.2, 0) is 6.18 Å². The first-order valence-corrected chi connectivity index (χ1v) is 7.14. The number of benzene rings is 1. The predicted octanol–water partition coefficient (Wildman–Crippen LogP) is 3.49. The van der Waals surface area contributed by atoms with E-state index < -0.39 is 17.6 Å². The molecule has 0 aliphatic carbocycles. The average Bonchev–Trinajstić information content (AvgIpc) is 2.54. The van der Waals surface area contributed by atoms with Gasteiger partial charge in [0, 0.05) is 7.05 Å². The number of aromatic nitrogens is 3. The molecule has 1 aromatic carbocycles. The summed E-state index contributed by atoms with van der Waals surface area (Å²) in [5, 5.41) is 3.15. The standard InChI is InChI=1S/C15H10ClF3N4O/c1-20-12-8-6-7-11(15(17,18)19)21-13(8)23(14(24)22-12)10-5-3-2-4-9(10)16/h2-7H,1H3,(H,20,22,24). The Morgan fingerprint density at radius 3 is 2.46 bits per heavy atom. The predicted molar refractivity (Wildman–Crippen MR) is 84.7 cm³/mol. The molecular formula is C15H10ClF3N4O. The van der Waals surface area contributed by atoms with Crippen LogP contribution in [0, 0.1) is 0 Å². The van der Waals surface area contributed by atoms with E-state index in [4.69, 9.17) is 11.6 Å². The Bertz CT molecular complexity index is 985. The quantitative estimate of drug-likeness (QED) is 0.765. The molecule has 124 valence electrons. The van der Waals surface area contributed by atoms with Gasteiger partial charge < -0.3 is 5.32 Å². The first-order valence-electron chi connectivity index (χ1n) is 6.76. The third-order valence-corrected chi connectivity index (χ3v) is 3.68. The van der Waals surface area contributed by atoms with Gasteiger partial charge in [0.2, 0.25) is 0 Å². The molecule has 24 heavy (non-hydrogen) atoms. The number of hydrogen-bond donors (Lipinski definition) is 1. The van der Waals surface area contributed by atoms with E-state index in [2.05, 4.69) is 15.3 Å². The molecule has 0 amide bonds. The van der Waals surface area contributed by atoms with Gasteiger partial charge in [-0.3, -0.25) is 0 Å². The number of para-hydroxylation sites is 1. The normalized spacial score (nSPS) is 11.7. The molecule has 0 bridgehead atoms. The van der Waals surface area contributed by atoms with Crippen molar-refractivity contribution in [1.82, 2.24) is 14.5 Å². The maximum atomic E-state index is 13.0. The van der Waals surface area contributed by atoms with Crippen molar-refractivity contribution in [2.45, 2.75) is 6.18 Å². The minimum atomic E-state index is -4.64. The van der Waals surface area contributed by atoms with Crippen LogP contribution < -0.4 is 11.0 Å². The zero-order chi connectivity index (χ0) is 17.5. The molecule has 0 spiro atoms. The van der Waals surface area contributed by atoms with Crippen LogP contribution in [0.25, 0.3) is 16.7 Å². The lowest BCUT2D eigenvalue weighted by Crippen LogP contribution is -2.24. The monoisotopic (exact) mass is 354 g/mol. The van der Waals surface area contributed by atoms with Gasteiger partial charge in [0.25, 0.3) is 0 Å². The highest BCUT2D eigenvalue weighted by molar-refractivity contribution is 6.32. The summed E-state index contributed by atoms with van der Waals surface area (Å²) in [6.07, 6.45) is -4.64. The molecular weight excluding hydrogens is 345 g/mol. The molecule has 0 aliphatic rings. The van der Waals surface area contributed by atoms with E-state index in [9.17, 15) is 18.0 Å². The molecule has 0 saturated carbocycles. The summed E-state index contributed by atoms with van der Waals surface area (Å²) in [7, 11) is 1.51. The molecule has 0 radical (unpaired) electrons. The minimum absolute atomic E-state index is 0.138. The van der Waals surface area contributed by atoms with Crippen molar-refractivity contribution >= 4 is 28.5 Å². The lowest BCUT2D eigenvalue weighted by atomic mass is 10.2. The van der Waals surface area contributed by atoms with Crippen LogP contribution in [0.5, 0.6) is 0 Å². The number of alkyl halides is 3. The third-order valence-electron chi connectivity index (χ3n) is 3.36. The fourth-order valence-corrected chi connectivity index (χ4v) is 2.52. The molecule has 1 N–H and O–H groups in total. The zero-order valence-electron chi connectivity index (χ0n) is 12.2. The molecule has 9 heteroatoms. The van der Waals surface area contributed by atoms with E-state index in [1.807, 2.05) is 0 Å². The van der Waals surface area contributed by atoms with Crippen molar-refractivity contribution in [3.05, 3.63) is 57.6 Å². The van der Waals surface area contributed by atoms with Crippen molar-refractivity contribution < 1.29 is 13.2 Å². The SMILES string of the molecule is CNc1nc(=O)n(-c2ccccc2Cl)c2nc(C(F)(F)F)ccc12. The molecule has 5 nitrogen and oxygen atoms in total. The molecule has 0 atom stereocenters. The Morgan fingerprint density at radius 2 is 1.83 bits per heavy atom. The molecule has 2 aromatic heterocycles. The van der Waals surface area contributed by atoms with E-state index >= 15 is 0 Å². The van der Waals surface area contributed by atoms with Crippen LogP contribution in [0.3, 0.4) is 0 Å². The van der Waals surface area contributed by atoms with Crippen LogP contribution in [0.2, 0.25) is 5.02 Å². The van der Waals surface area contributed by atoms with Crippen LogP contribution in [-0.4, -0.2) is 21.6 Å². The number of hydrogen-bond acceptors (Lipinski definition) is 4. The van der Waals surface area contributed by atoms with Crippen molar-refractivity contribution in [1.29, 1.82) is 0 Å². The maximum absolute atomic E-state index is 13.0. The number of nitrogens with one attached hydrogen (secondary N) is 1. The number of nitrogens with zero attached hydrogens (tertiary/aromatic N) is 3. The number of anilines is 1. The molecule has 0 saturated heterocycles. The topological polar surface area (TPSA) is 59.8 Å². The fourth-order valence-electron chi connectivity index (χ4n) is 2.30. The Labute approximate surface area is 138 Å². The number of rotatable bonds is 2. The molecule has 3 aromatic rings. The second-order valence-electron chi connectivity index (χ2n) is 4.85. The molecule has 0 fully saturated rings. The summed E-state index contributed by atoms with van der Waals surface area (Å²) in [5.41, 5.74) is -1.87. The molecule has 2 heterocycles. The highest BCUT2D eigenvalue weighted by atomic mass is 35.5. The Hall–Kier alpha value is -2.61. The van der Waals surface area contributed by atoms with Gasteiger partial charge in [-0.05, 0) is 24.3 Å². The maximum Gasteiger partial charge on any atom is 0.433 e. The van der Waals surface area contributed by atoms with Gasteiger partial charge in [-0.15, -0.1) is 0 Å². The van der Waals surface area contributed by atoms with E-state index in [1.54, 1.807) is 12.1 Å². The number of halogens is 4. The number of pyridine rings is 1. The Morgan fingerprint density at radius 1 is 1.12 bits per heavy atom.